The van der Waals surface area contributed by atoms with Gasteiger partial charge in [0.2, 0.25) is 0 Å². The first-order valence-corrected chi connectivity index (χ1v) is 10.2. The minimum Gasteiger partial charge on any atom is -0.448 e. The average molecular weight is 415 g/mol. The number of aryl methyl sites for hydroxylation is 2. The molecular weight excluding hydrogens is 388 g/mol. The van der Waals surface area contributed by atoms with E-state index in [0.29, 0.717) is 12.8 Å². The molecule has 0 aliphatic heterocycles. The van der Waals surface area contributed by atoms with Crippen LogP contribution in [0.1, 0.15) is 31.2 Å². The largest absolute Gasteiger partial charge is 0.448 e. The fraction of sp³-hybridized carbons (Fsp3) is 0.348. The maximum Gasteiger partial charge on any atom is 0.194 e. The minimum absolute atomic E-state index is 0.219. The Morgan fingerprint density at radius 3 is 2.07 bits per heavy atom. The molecule has 2 aromatic carbocycles. The molecule has 3 N–H and O–H groups in total. The molecule has 0 unspecified atom stereocenters. The zero-order valence-corrected chi connectivity index (χ0v) is 17.3. The van der Waals surface area contributed by atoms with E-state index in [9.17, 15) is 10.2 Å². The number of halogens is 1. The molecule has 0 saturated carbocycles. The Balaban J connectivity index is 1.66. The zero-order valence-electron chi connectivity index (χ0n) is 16.6. The van der Waals surface area contributed by atoms with Crippen LogP contribution >= 0.6 is 11.8 Å². The molecule has 0 aliphatic carbocycles. The summed E-state index contributed by atoms with van der Waals surface area (Å²) in [6.07, 6.45) is 4.81. The number of nitrogens with one attached hydrogen (secondary N) is 1. The highest BCUT2D eigenvalue weighted by atomic mass is 35.5. The Labute approximate surface area is 176 Å². The van der Waals surface area contributed by atoms with Gasteiger partial charge in [-0.2, -0.15) is 0 Å². The van der Waals surface area contributed by atoms with Gasteiger partial charge in [0.25, 0.3) is 0 Å². The number of oxazole rings is 1. The second-order valence-corrected chi connectivity index (χ2v) is 7.53. The van der Waals surface area contributed by atoms with Gasteiger partial charge in [-0.1, -0.05) is 55.5 Å². The third-order valence-electron chi connectivity index (χ3n) is 5.18. The van der Waals surface area contributed by atoms with Gasteiger partial charge in [0.1, 0.15) is 12.0 Å². The third kappa shape index (κ3) is 5.25. The summed E-state index contributed by atoms with van der Waals surface area (Å²) in [6, 6.07) is 16.6. The molecule has 6 heteroatoms. The van der Waals surface area contributed by atoms with Crippen LogP contribution in [0.3, 0.4) is 0 Å². The summed E-state index contributed by atoms with van der Waals surface area (Å²) in [5.74, 6) is 0.776. The van der Waals surface area contributed by atoms with E-state index in [-0.39, 0.29) is 13.2 Å². The summed E-state index contributed by atoms with van der Waals surface area (Å²) >= 11 is 5.69. The molecule has 3 aromatic rings. The molecule has 29 heavy (non-hydrogen) atoms. The van der Waals surface area contributed by atoms with Gasteiger partial charge in [0, 0.05) is 12.0 Å². The second kappa shape index (κ2) is 10.0. The molecule has 0 aliphatic rings. The molecule has 1 heterocycles. The van der Waals surface area contributed by atoms with Gasteiger partial charge < -0.3 is 14.6 Å². The Kier molecular flexibility index (Phi) is 7.45. The topological polar surface area (TPSA) is 78.5 Å². The van der Waals surface area contributed by atoms with Gasteiger partial charge in [-0.05, 0) is 47.7 Å². The maximum absolute atomic E-state index is 9.46. The molecule has 0 spiro atoms. The minimum atomic E-state index is -0.867. The van der Waals surface area contributed by atoms with Crippen molar-refractivity contribution in [3.63, 3.8) is 0 Å². The molecule has 0 amide bonds. The van der Waals surface area contributed by atoms with Crippen LogP contribution in [-0.4, -0.2) is 33.9 Å². The molecule has 0 atom stereocenters. The molecule has 1 aromatic heterocycles. The summed E-state index contributed by atoms with van der Waals surface area (Å²) in [7, 11) is 0. The molecule has 0 saturated heterocycles. The fourth-order valence-electron chi connectivity index (χ4n) is 3.17. The van der Waals surface area contributed by atoms with Crippen LogP contribution < -0.4 is 4.84 Å². The van der Waals surface area contributed by atoms with E-state index in [4.69, 9.17) is 16.2 Å². The Bertz CT molecular complexity index is 879. The lowest BCUT2D eigenvalue weighted by atomic mass is 9.93. The van der Waals surface area contributed by atoms with Crippen molar-refractivity contribution in [3.8, 4) is 22.4 Å². The number of aromatic nitrogens is 1. The number of hydrogen-bond acceptors (Lipinski definition) is 5. The summed E-state index contributed by atoms with van der Waals surface area (Å²) in [6.45, 7) is 1.67. The van der Waals surface area contributed by atoms with Crippen LogP contribution in [0.15, 0.2) is 59.2 Å². The molecule has 3 rings (SSSR count). The second-order valence-electron chi connectivity index (χ2n) is 7.34. The number of benzene rings is 2. The monoisotopic (exact) mass is 414 g/mol. The van der Waals surface area contributed by atoms with Crippen molar-refractivity contribution in [3.05, 3.63) is 66.2 Å². The van der Waals surface area contributed by atoms with Crippen LogP contribution in [0.25, 0.3) is 22.4 Å². The Morgan fingerprint density at radius 2 is 1.52 bits per heavy atom. The van der Waals surface area contributed by atoms with Gasteiger partial charge in [0.05, 0.1) is 18.8 Å². The van der Waals surface area contributed by atoms with E-state index in [1.807, 2.05) is 0 Å². The fourth-order valence-corrected chi connectivity index (χ4v) is 3.38. The van der Waals surface area contributed by atoms with Crippen LogP contribution in [0.2, 0.25) is 0 Å². The quantitative estimate of drug-likeness (QED) is 0.429. The Hall–Kier alpha value is -2.18. The SMILES string of the molecule is CCCc1nc(-c2ccc(-c3ccc(CCC(CO)(CO)NCl)cc3)cc2)co1. The van der Waals surface area contributed by atoms with Gasteiger partial charge in [-0.3, -0.25) is 0 Å². The van der Waals surface area contributed by atoms with E-state index in [2.05, 4.69) is 65.3 Å². The number of rotatable bonds is 10. The van der Waals surface area contributed by atoms with Gasteiger partial charge in [-0.25, -0.2) is 9.82 Å². The van der Waals surface area contributed by atoms with Gasteiger partial charge >= 0.3 is 0 Å². The molecule has 0 radical (unpaired) electrons. The van der Waals surface area contributed by atoms with Crippen molar-refractivity contribution in [2.24, 2.45) is 0 Å². The van der Waals surface area contributed by atoms with E-state index in [0.717, 1.165) is 46.7 Å². The first-order valence-electron chi connectivity index (χ1n) is 9.86. The Morgan fingerprint density at radius 1 is 0.931 bits per heavy atom. The van der Waals surface area contributed by atoms with Gasteiger partial charge in [0.15, 0.2) is 5.89 Å². The van der Waals surface area contributed by atoms with Crippen LogP contribution in [0.5, 0.6) is 0 Å². The van der Waals surface area contributed by atoms with Crippen molar-refractivity contribution in [1.82, 2.24) is 9.82 Å². The highest BCUT2D eigenvalue weighted by Crippen LogP contribution is 2.26. The van der Waals surface area contributed by atoms with Crippen LogP contribution in [0, 0.1) is 0 Å². The maximum atomic E-state index is 9.46. The van der Waals surface area contributed by atoms with Gasteiger partial charge in [-0.15, -0.1) is 0 Å². The number of aliphatic hydroxyl groups is 2. The predicted octanol–water partition coefficient (Wildman–Crippen LogP) is 4.36. The summed E-state index contributed by atoms with van der Waals surface area (Å²) in [5.41, 5.74) is 4.40. The number of hydrogen-bond donors (Lipinski definition) is 3. The van der Waals surface area contributed by atoms with Crippen molar-refractivity contribution in [2.75, 3.05) is 13.2 Å². The molecule has 5 nitrogen and oxygen atoms in total. The van der Waals surface area contributed by atoms with E-state index < -0.39 is 5.54 Å². The average Bonchev–Trinajstić information content (AvgIpc) is 3.25. The van der Waals surface area contributed by atoms with Crippen molar-refractivity contribution < 1.29 is 14.6 Å². The normalized spacial score (nSPS) is 11.7. The summed E-state index contributed by atoms with van der Waals surface area (Å²) in [4.78, 5) is 7.04. The lowest BCUT2D eigenvalue weighted by Crippen LogP contribution is -2.47. The lowest BCUT2D eigenvalue weighted by molar-refractivity contribution is 0.103. The predicted molar refractivity (Wildman–Crippen MR) is 116 cm³/mol. The summed E-state index contributed by atoms with van der Waals surface area (Å²) in [5, 5.41) is 18.9. The first-order chi connectivity index (χ1) is 14.1. The van der Waals surface area contributed by atoms with Crippen LogP contribution in [0.4, 0.5) is 0 Å². The summed E-state index contributed by atoms with van der Waals surface area (Å²) < 4.78 is 5.50. The van der Waals surface area contributed by atoms with Crippen molar-refractivity contribution in [2.45, 2.75) is 38.1 Å². The first kappa shape index (κ1) is 21.5. The van der Waals surface area contributed by atoms with Crippen LogP contribution in [-0.2, 0) is 12.8 Å². The molecule has 0 fully saturated rings. The lowest BCUT2D eigenvalue weighted by Gasteiger charge is -2.27. The standard InChI is InChI=1S/C23H27ClN2O3/c1-2-3-22-25-21(14-29-22)20-10-8-19(9-11-20)18-6-4-17(5-7-18)12-13-23(15-27,16-28)26-24/h4-11,14,26-28H,2-3,12-13,15-16H2,1H3. The van der Waals surface area contributed by atoms with E-state index in [1.54, 1.807) is 6.26 Å². The smallest absolute Gasteiger partial charge is 0.194 e. The number of aliphatic hydroxyl groups excluding tert-OH is 2. The van der Waals surface area contributed by atoms with E-state index >= 15 is 0 Å². The van der Waals surface area contributed by atoms with Crippen molar-refractivity contribution in [1.29, 1.82) is 0 Å². The molecule has 154 valence electrons. The third-order valence-corrected chi connectivity index (χ3v) is 5.58. The highest BCUT2D eigenvalue weighted by Gasteiger charge is 2.27. The zero-order chi connectivity index (χ0) is 20.7. The van der Waals surface area contributed by atoms with Crippen molar-refractivity contribution >= 4 is 11.8 Å². The highest BCUT2D eigenvalue weighted by molar-refractivity contribution is 6.13. The number of nitrogens with zero attached hydrogens (tertiary/aromatic N) is 1. The molecular formula is C23H27ClN2O3. The van der Waals surface area contributed by atoms with E-state index in [1.165, 1.54) is 0 Å². The molecule has 0 bridgehead atoms.